The van der Waals surface area contributed by atoms with E-state index in [1.54, 1.807) is 0 Å². The molecule has 0 aromatic heterocycles. The summed E-state index contributed by atoms with van der Waals surface area (Å²) in [6, 6.07) is 18.4. The van der Waals surface area contributed by atoms with Crippen LogP contribution < -0.4 is 5.32 Å². The molecule has 1 nitrogen and oxygen atoms in total. The van der Waals surface area contributed by atoms with Crippen molar-refractivity contribution in [3.63, 3.8) is 0 Å². The van der Waals surface area contributed by atoms with Crippen LogP contribution in [-0.2, 0) is 0 Å². The van der Waals surface area contributed by atoms with Gasteiger partial charge in [0.2, 0.25) is 0 Å². The standard InChI is InChI=1S/C20H25N/c1-14-5-9-16(10-6-14)18-13-19(21-20(18,3)4)17-11-7-15(2)8-12-17/h5-12,18-19,21H,13H2,1-4H3. The molecule has 3 rings (SSSR count). The van der Waals surface area contributed by atoms with Crippen LogP contribution in [0.1, 0.15) is 54.5 Å². The van der Waals surface area contributed by atoms with Crippen molar-refractivity contribution in [2.75, 3.05) is 0 Å². The van der Waals surface area contributed by atoms with Crippen LogP contribution in [0.3, 0.4) is 0 Å². The van der Waals surface area contributed by atoms with Gasteiger partial charge in [-0.05, 0) is 45.2 Å². The van der Waals surface area contributed by atoms with Crippen molar-refractivity contribution in [2.45, 2.75) is 51.6 Å². The molecule has 0 aliphatic carbocycles. The minimum Gasteiger partial charge on any atom is -0.304 e. The van der Waals surface area contributed by atoms with E-state index in [9.17, 15) is 0 Å². The van der Waals surface area contributed by atoms with Crippen molar-refractivity contribution in [3.05, 3.63) is 70.8 Å². The van der Waals surface area contributed by atoms with E-state index >= 15 is 0 Å². The maximum absolute atomic E-state index is 3.83. The van der Waals surface area contributed by atoms with Crippen molar-refractivity contribution in [1.82, 2.24) is 5.32 Å². The van der Waals surface area contributed by atoms with E-state index < -0.39 is 0 Å². The first-order valence-corrected chi connectivity index (χ1v) is 7.86. The van der Waals surface area contributed by atoms with Crippen molar-refractivity contribution in [2.24, 2.45) is 0 Å². The molecule has 110 valence electrons. The summed E-state index contributed by atoms with van der Waals surface area (Å²) in [6.45, 7) is 8.94. The lowest BCUT2D eigenvalue weighted by Crippen LogP contribution is -2.37. The van der Waals surface area contributed by atoms with Gasteiger partial charge in [0.25, 0.3) is 0 Å². The van der Waals surface area contributed by atoms with Crippen molar-refractivity contribution in [1.29, 1.82) is 0 Å². The zero-order valence-electron chi connectivity index (χ0n) is 13.5. The number of nitrogens with one attached hydrogen (secondary N) is 1. The summed E-state index contributed by atoms with van der Waals surface area (Å²) < 4.78 is 0. The van der Waals surface area contributed by atoms with Crippen LogP contribution in [0.25, 0.3) is 0 Å². The molecule has 1 heterocycles. The predicted molar refractivity (Wildman–Crippen MR) is 89.7 cm³/mol. The van der Waals surface area contributed by atoms with Crippen LogP contribution in [0.2, 0.25) is 0 Å². The SMILES string of the molecule is Cc1ccc(C2CC(c3ccc(C)cc3)C(C)(C)N2)cc1. The Morgan fingerprint density at radius 1 is 0.810 bits per heavy atom. The van der Waals surface area contributed by atoms with E-state index in [2.05, 4.69) is 81.5 Å². The van der Waals surface area contributed by atoms with E-state index in [0.29, 0.717) is 12.0 Å². The van der Waals surface area contributed by atoms with Crippen molar-refractivity contribution in [3.8, 4) is 0 Å². The Balaban J connectivity index is 1.86. The highest BCUT2D eigenvalue weighted by atomic mass is 15.0. The van der Waals surface area contributed by atoms with Crippen molar-refractivity contribution >= 4 is 0 Å². The first kappa shape index (κ1) is 14.3. The summed E-state index contributed by atoms with van der Waals surface area (Å²) in [5.41, 5.74) is 5.64. The molecule has 1 N–H and O–H groups in total. The molecule has 1 fully saturated rings. The minimum atomic E-state index is 0.130. The molecule has 1 saturated heterocycles. The zero-order chi connectivity index (χ0) is 15.0. The maximum atomic E-state index is 3.83. The van der Waals surface area contributed by atoms with Gasteiger partial charge >= 0.3 is 0 Å². The van der Waals surface area contributed by atoms with Gasteiger partial charge in [-0.15, -0.1) is 0 Å². The molecule has 2 aromatic rings. The van der Waals surface area contributed by atoms with Gasteiger partial charge in [-0.25, -0.2) is 0 Å². The lowest BCUT2D eigenvalue weighted by atomic mass is 9.82. The Morgan fingerprint density at radius 2 is 1.29 bits per heavy atom. The van der Waals surface area contributed by atoms with Gasteiger partial charge in [0, 0.05) is 17.5 Å². The molecular weight excluding hydrogens is 254 g/mol. The van der Waals surface area contributed by atoms with Crippen LogP contribution in [0.4, 0.5) is 0 Å². The highest BCUT2D eigenvalue weighted by Crippen LogP contribution is 2.43. The van der Waals surface area contributed by atoms with E-state index in [1.165, 1.54) is 28.7 Å². The molecule has 1 heteroatoms. The minimum absolute atomic E-state index is 0.130. The third-order valence-electron chi connectivity index (χ3n) is 4.85. The Kier molecular flexibility index (Phi) is 3.62. The summed E-state index contributed by atoms with van der Waals surface area (Å²) in [5.74, 6) is 0.560. The monoisotopic (exact) mass is 279 g/mol. The van der Waals surface area contributed by atoms with Crippen LogP contribution in [0.5, 0.6) is 0 Å². The predicted octanol–water partition coefficient (Wildman–Crippen LogP) is 4.90. The van der Waals surface area contributed by atoms with Gasteiger partial charge in [0.05, 0.1) is 0 Å². The first-order valence-electron chi connectivity index (χ1n) is 7.86. The Hall–Kier alpha value is -1.60. The fourth-order valence-electron chi connectivity index (χ4n) is 3.51. The van der Waals surface area contributed by atoms with E-state index in [1.807, 2.05) is 0 Å². The van der Waals surface area contributed by atoms with E-state index in [4.69, 9.17) is 0 Å². The van der Waals surface area contributed by atoms with Crippen LogP contribution in [-0.4, -0.2) is 5.54 Å². The molecule has 0 bridgehead atoms. The topological polar surface area (TPSA) is 12.0 Å². The lowest BCUT2D eigenvalue weighted by molar-refractivity contribution is 0.397. The average Bonchev–Trinajstić information content (AvgIpc) is 2.76. The number of benzene rings is 2. The molecule has 2 unspecified atom stereocenters. The molecule has 1 aliphatic rings. The number of aryl methyl sites for hydroxylation is 2. The summed E-state index contributed by atoms with van der Waals surface area (Å²) in [7, 11) is 0. The second-order valence-corrected chi connectivity index (χ2v) is 7.03. The third-order valence-corrected chi connectivity index (χ3v) is 4.85. The van der Waals surface area contributed by atoms with Gasteiger partial charge in [0.15, 0.2) is 0 Å². The molecule has 2 atom stereocenters. The lowest BCUT2D eigenvalue weighted by Gasteiger charge is -2.28. The van der Waals surface area contributed by atoms with Crippen molar-refractivity contribution < 1.29 is 0 Å². The van der Waals surface area contributed by atoms with Gasteiger partial charge in [-0.3, -0.25) is 0 Å². The maximum Gasteiger partial charge on any atom is 0.0331 e. The molecule has 2 aromatic carbocycles. The Labute approximate surface area is 128 Å². The van der Waals surface area contributed by atoms with Crippen LogP contribution in [0, 0.1) is 13.8 Å². The molecular formula is C20H25N. The van der Waals surface area contributed by atoms with Crippen LogP contribution >= 0.6 is 0 Å². The third kappa shape index (κ3) is 2.89. The Bertz CT molecular complexity index is 607. The quantitative estimate of drug-likeness (QED) is 0.824. The summed E-state index contributed by atoms with van der Waals surface area (Å²) in [6.07, 6.45) is 1.17. The molecule has 0 radical (unpaired) electrons. The largest absolute Gasteiger partial charge is 0.304 e. The Morgan fingerprint density at radius 3 is 1.81 bits per heavy atom. The fraction of sp³-hybridized carbons (Fsp3) is 0.400. The van der Waals surface area contributed by atoms with Gasteiger partial charge < -0.3 is 5.32 Å². The molecule has 0 saturated carbocycles. The first-order chi connectivity index (χ1) is 9.95. The highest BCUT2D eigenvalue weighted by Gasteiger charge is 2.40. The summed E-state index contributed by atoms with van der Waals surface area (Å²) in [5, 5.41) is 3.83. The van der Waals surface area contributed by atoms with E-state index in [0.717, 1.165) is 0 Å². The number of rotatable bonds is 2. The zero-order valence-corrected chi connectivity index (χ0v) is 13.5. The number of hydrogen-bond donors (Lipinski definition) is 1. The smallest absolute Gasteiger partial charge is 0.0331 e. The normalized spacial score (nSPS) is 24.2. The average molecular weight is 279 g/mol. The second kappa shape index (κ2) is 5.31. The highest BCUT2D eigenvalue weighted by molar-refractivity contribution is 5.32. The molecule has 1 aliphatic heterocycles. The van der Waals surface area contributed by atoms with Gasteiger partial charge in [-0.1, -0.05) is 59.7 Å². The summed E-state index contributed by atoms with van der Waals surface area (Å²) >= 11 is 0. The second-order valence-electron chi connectivity index (χ2n) is 7.03. The molecule has 21 heavy (non-hydrogen) atoms. The number of hydrogen-bond acceptors (Lipinski definition) is 1. The van der Waals surface area contributed by atoms with Gasteiger partial charge in [-0.2, -0.15) is 0 Å². The molecule has 0 spiro atoms. The fourth-order valence-corrected chi connectivity index (χ4v) is 3.51. The molecule has 0 amide bonds. The van der Waals surface area contributed by atoms with Crippen LogP contribution in [0.15, 0.2) is 48.5 Å². The summed E-state index contributed by atoms with van der Waals surface area (Å²) in [4.78, 5) is 0. The van der Waals surface area contributed by atoms with Gasteiger partial charge in [0.1, 0.15) is 0 Å². The van der Waals surface area contributed by atoms with E-state index in [-0.39, 0.29) is 5.54 Å².